The molecule has 1 unspecified atom stereocenters. The third kappa shape index (κ3) is 6.12. The molecule has 0 rings (SSSR count). The third-order valence-corrected chi connectivity index (χ3v) is 1.14. The van der Waals surface area contributed by atoms with E-state index >= 15 is 0 Å². The van der Waals surface area contributed by atoms with Crippen LogP contribution in [0.1, 0.15) is 29.5 Å². The zero-order valence-electron chi connectivity index (χ0n) is 8.05. The summed E-state index contributed by atoms with van der Waals surface area (Å²) in [6, 6.07) is 0. The fourth-order valence-electron chi connectivity index (χ4n) is 0.556. The number of aliphatic carboxylic acids is 1. The average Bonchev–Trinajstić information content (AvgIpc) is 1.67. The van der Waals surface area contributed by atoms with Gasteiger partial charge in [0.25, 0.3) is 0 Å². The van der Waals surface area contributed by atoms with Gasteiger partial charge in [-0.3, -0.25) is 4.79 Å². The number of rotatable bonds is 3. The van der Waals surface area contributed by atoms with Gasteiger partial charge in [-0.15, -0.1) is 0 Å². The smallest absolute Gasteiger partial charge is 1.00 e. The average molecular weight is 142 g/mol. The van der Waals surface area contributed by atoms with Crippen molar-refractivity contribution in [3.05, 3.63) is 0 Å². The molecule has 0 saturated carbocycles. The Kier molecular flexibility index (Phi) is 8.45. The zero-order chi connectivity index (χ0) is 6.57. The van der Waals surface area contributed by atoms with E-state index in [1.165, 1.54) is 0 Å². The van der Waals surface area contributed by atoms with Crippen molar-refractivity contribution in [3.8, 4) is 0 Å². The van der Waals surface area contributed by atoms with Crippen LogP contribution in [0.25, 0.3) is 0 Å². The molecule has 0 saturated heterocycles. The molecule has 0 heterocycles. The molecule has 9 heavy (non-hydrogen) atoms. The second kappa shape index (κ2) is 6.36. The van der Waals surface area contributed by atoms with Crippen LogP contribution < -0.4 is 0 Å². The van der Waals surface area contributed by atoms with E-state index in [1.807, 2.05) is 6.92 Å². The van der Waals surface area contributed by atoms with Crippen molar-refractivity contribution < 1.29 is 12.8 Å². The second-order valence-electron chi connectivity index (χ2n) is 2.03. The first-order valence-corrected chi connectivity index (χ1v) is 2.91. The fourth-order valence-corrected chi connectivity index (χ4v) is 0.556. The second-order valence-corrected chi connectivity index (χ2v) is 2.03. The van der Waals surface area contributed by atoms with Crippen LogP contribution in [0.4, 0.5) is 0 Å². The molecule has 0 radical (unpaired) electrons. The summed E-state index contributed by atoms with van der Waals surface area (Å²) in [5, 5.41) is 8.31. The van der Waals surface area contributed by atoms with Gasteiger partial charge in [-0.05, 0) is 6.42 Å². The first kappa shape index (κ1) is 12.0. The molecule has 0 aromatic rings. The number of hydrogen-bond acceptors (Lipinski definition) is 1. The van der Waals surface area contributed by atoms with E-state index in [2.05, 4.69) is 0 Å². The maximum atomic E-state index is 10.1. The van der Waals surface area contributed by atoms with Gasteiger partial charge in [0, 0.05) is 0 Å². The summed E-state index contributed by atoms with van der Waals surface area (Å²) in [5.41, 5.74) is 0. The molecule has 0 aromatic heterocycles. The van der Waals surface area contributed by atoms with Crippen LogP contribution in [-0.4, -0.2) is 34.1 Å². The van der Waals surface area contributed by atoms with E-state index in [0.29, 0.717) is 0 Å². The van der Waals surface area contributed by atoms with E-state index < -0.39 is 5.97 Å². The van der Waals surface area contributed by atoms with E-state index in [-0.39, 0.29) is 31.8 Å². The van der Waals surface area contributed by atoms with Gasteiger partial charge >= 0.3 is 29.0 Å². The largest absolute Gasteiger partial charge is 2.00 e. The fraction of sp³-hybridized carbons (Fsp3) is 0.833. The Balaban J connectivity index is -0.0000000817. The molecular weight excluding hydrogens is 128 g/mol. The standard InChI is InChI=1S/C6H12O2.Mg.2H/c1-3-4-5(2)6(7)8;;;/h5H,3-4H2,1-2H3,(H,7,8);;;/q;+2;2*-1. The van der Waals surface area contributed by atoms with Crippen molar-refractivity contribution in [2.45, 2.75) is 26.7 Å². The van der Waals surface area contributed by atoms with Crippen LogP contribution in [0.2, 0.25) is 0 Å². The molecule has 2 nitrogen and oxygen atoms in total. The van der Waals surface area contributed by atoms with Crippen LogP contribution in [0.5, 0.6) is 0 Å². The molecule has 1 atom stereocenters. The van der Waals surface area contributed by atoms with E-state index in [9.17, 15) is 4.79 Å². The maximum absolute atomic E-state index is 10.1. The molecule has 0 spiro atoms. The normalized spacial score (nSPS) is 11.8. The first-order valence-electron chi connectivity index (χ1n) is 2.91. The quantitative estimate of drug-likeness (QED) is 0.604. The summed E-state index contributed by atoms with van der Waals surface area (Å²) < 4.78 is 0. The Morgan fingerprint density at radius 2 is 2.22 bits per heavy atom. The number of carbonyl (C=O) groups is 1. The predicted octanol–water partition coefficient (Wildman–Crippen LogP) is 1.35. The molecule has 0 fully saturated rings. The maximum Gasteiger partial charge on any atom is 2.00 e. The summed E-state index contributed by atoms with van der Waals surface area (Å²) in [6.45, 7) is 3.71. The minimum absolute atomic E-state index is 0. The van der Waals surface area contributed by atoms with Gasteiger partial charge in [-0.1, -0.05) is 20.3 Å². The van der Waals surface area contributed by atoms with Crippen molar-refractivity contribution in [1.29, 1.82) is 0 Å². The van der Waals surface area contributed by atoms with Gasteiger partial charge in [0.15, 0.2) is 0 Å². The first-order chi connectivity index (χ1) is 3.68. The minimum Gasteiger partial charge on any atom is -1.00 e. The van der Waals surface area contributed by atoms with Crippen molar-refractivity contribution in [3.63, 3.8) is 0 Å². The van der Waals surface area contributed by atoms with E-state index in [4.69, 9.17) is 5.11 Å². The molecule has 1 N–H and O–H groups in total. The SMILES string of the molecule is CCCC(C)C(=O)O.[H-].[H-].[Mg+2]. The Morgan fingerprint density at radius 3 is 2.33 bits per heavy atom. The third-order valence-electron chi connectivity index (χ3n) is 1.14. The topological polar surface area (TPSA) is 37.3 Å². The van der Waals surface area contributed by atoms with Gasteiger partial charge in [-0.2, -0.15) is 0 Å². The molecular formula is C6H14MgO2. The Morgan fingerprint density at radius 1 is 1.78 bits per heavy atom. The number of carboxylic acid groups (broad SMARTS) is 1. The Bertz CT molecular complexity index is 90.7. The van der Waals surface area contributed by atoms with Crippen LogP contribution in [0.15, 0.2) is 0 Å². The van der Waals surface area contributed by atoms with Crippen LogP contribution in [0, 0.1) is 5.92 Å². The summed E-state index contributed by atoms with van der Waals surface area (Å²) >= 11 is 0. The van der Waals surface area contributed by atoms with Crippen LogP contribution in [0.3, 0.4) is 0 Å². The van der Waals surface area contributed by atoms with Gasteiger partial charge < -0.3 is 7.96 Å². The molecule has 3 heteroatoms. The van der Waals surface area contributed by atoms with E-state index in [1.54, 1.807) is 6.92 Å². The summed E-state index contributed by atoms with van der Waals surface area (Å²) in [4.78, 5) is 10.1. The Labute approximate surface area is 74.8 Å². The van der Waals surface area contributed by atoms with Crippen molar-refractivity contribution in [1.82, 2.24) is 0 Å². The zero-order valence-corrected chi connectivity index (χ0v) is 7.47. The van der Waals surface area contributed by atoms with Gasteiger partial charge in [-0.25, -0.2) is 0 Å². The van der Waals surface area contributed by atoms with Gasteiger partial charge in [0.2, 0.25) is 0 Å². The Hall–Kier alpha value is 0.236. The molecule has 52 valence electrons. The van der Waals surface area contributed by atoms with Gasteiger partial charge in [0.1, 0.15) is 0 Å². The molecule has 0 aromatic carbocycles. The van der Waals surface area contributed by atoms with Crippen LogP contribution in [-0.2, 0) is 4.79 Å². The molecule has 0 aliphatic carbocycles. The molecule has 0 aliphatic heterocycles. The predicted molar refractivity (Wildman–Crippen MR) is 39.7 cm³/mol. The molecule has 0 amide bonds. The number of carboxylic acids is 1. The van der Waals surface area contributed by atoms with E-state index in [0.717, 1.165) is 12.8 Å². The summed E-state index contributed by atoms with van der Waals surface area (Å²) in [6.07, 6.45) is 1.74. The summed E-state index contributed by atoms with van der Waals surface area (Å²) in [7, 11) is 0. The van der Waals surface area contributed by atoms with Crippen molar-refractivity contribution >= 4 is 29.0 Å². The number of hydrogen-bond donors (Lipinski definition) is 1. The van der Waals surface area contributed by atoms with Crippen molar-refractivity contribution in [2.24, 2.45) is 5.92 Å². The monoisotopic (exact) mass is 142 g/mol. The molecule has 0 bridgehead atoms. The minimum atomic E-state index is -0.688. The summed E-state index contributed by atoms with van der Waals surface area (Å²) in [5.74, 6) is -0.855. The van der Waals surface area contributed by atoms with Crippen molar-refractivity contribution in [2.75, 3.05) is 0 Å². The van der Waals surface area contributed by atoms with Crippen LogP contribution >= 0.6 is 0 Å². The van der Waals surface area contributed by atoms with Gasteiger partial charge in [0.05, 0.1) is 5.92 Å². The molecule has 0 aliphatic rings.